The number of ether oxygens (including phenoxy) is 1. The van der Waals surface area contributed by atoms with Crippen LogP contribution in [0.15, 0.2) is 24.3 Å². The molecule has 0 aromatic heterocycles. The minimum absolute atomic E-state index is 0.169. The van der Waals surface area contributed by atoms with Gasteiger partial charge in [0.05, 0.1) is 7.11 Å². The van der Waals surface area contributed by atoms with E-state index < -0.39 is 0 Å². The number of benzene rings is 1. The summed E-state index contributed by atoms with van der Waals surface area (Å²) in [5, 5.41) is 0. The first kappa shape index (κ1) is 12.1. The van der Waals surface area contributed by atoms with Crippen LogP contribution in [0.4, 0.5) is 0 Å². The minimum atomic E-state index is 0.169. The second-order valence-electron chi connectivity index (χ2n) is 3.30. The number of halogens is 1. The second-order valence-corrected chi connectivity index (χ2v) is 3.68. The fourth-order valence-corrected chi connectivity index (χ4v) is 1.49. The first-order valence-electron chi connectivity index (χ1n) is 5.01. The topological polar surface area (TPSA) is 26.3 Å². The molecule has 0 N–H and O–H groups in total. The monoisotopic (exact) mass is 226 g/mol. The van der Waals surface area contributed by atoms with Crippen molar-refractivity contribution in [3.8, 4) is 5.75 Å². The molecule has 3 heteroatoms. The molecule has 0 saturated heterocycles. The fourth-order valence-electron chi connectivity index (χ4n) is 1.30. The van der Waals surface area contributed by atoms with Crippen molar-refractivity contribution in [2.24, 2.45) is 0 Å². The molecule has 0 aliphatic carbocycles. The highest BCUT2D eigenvalue weighted by Gasteiger charge is 2.04. The molecule has 0 radical (unpaired) electrons. The van der Waals surface area contributed by atoms with Crippen LogP contribution in [0.2, 0.25) is 0 Å². The van der Waals surface area contributed by atoms with E-state index in [1.54, 1.807) is 31.4 Å². The summed E-state index contributed by atoms with van der Waals surface area (Å²) in [6.07, 6.45) is 2.32. The molecule has 2 nitrogen and oxygen atoms in total. The van der Waals surface area contributed by atoms with Gasteiger partial charge in [0, 0.05) is 17.9 Å². The van der Waals surface area contributed by atoms with Gasteiger partial charge in [0.1, 0.15) is 5.75 Å². The number of carbonyl (C=O) groups is 1. The molecular formula is C12H15ClO2. The van der Waals surface area contributed by atoms with E-state index in [0.29, 0.717) is 12.3 Å². The summed E-state index contributed by atoms with van der Waals surface area (Å²) in [4.78, 5) is 11.6. The predicted octanol–water partition coefficient (Wildman–Crippen LogP) is 3.29. The maximum Gasteiger partial charge on any atom is 0.162 e. The Labute approximate surface area is 95.2 Å². The molecule has 0 amide bonds. The van der Waals surface area contributed by atoms with Gasteiger partial charge in [0.25, 0.3) is 0 Å². The summed E-state index contributed by atoms with van der Waals surface area (Å²) in [5.41, 5.74) is 0.741. The highest BCUT2D eigenvalue weighted by molar-refractivity contribution is 6.17. The Bertz CT molecular complexity index is 306. The summed E-state index contributed by atoms with van der Waals surface area (Å²) in [5.74, 6) is 1.56. The van der Waals surface area contributed by atoms with E-state index in [2.05, 4.69) is 0 Å². The second kappa shape index (κ2) is 6.46. The summed E-state index contributed by atoms with van der Waals surface area (Å²) < 4.78 is 5.02. The molecule has 1 rings (SSSR count). The number of unbranched alkanes of at least 4 members (excludes halogenated alkanes) is 1. The van der Waals surface area contributed by atoms with Crippen LogP contribution >= 0.6 is 11.6 Å². The van der Waals surface area contributed by atoms with Gasteiger partial charge in [-0.15, -0.1) is 11.6 Å². The van der Waals surface area contributed by atoms with Gasteiger partial charge in [-0.3, -0.25) is 4.79 Å². The lowest BCUT2D eigenvalue weighted by molar-refractivity contribution is 0.0980. The van der Waals surface area contributed by atoms with Crippen molar-refractivity contribution in [2.45, 2.75) is 19.3 Å². The Morgan fingerprint density at radius 2 is 1.93 bits per heavy atom. The lowest BCUT2D eigenvalue weighted by Crippen LogP contribution is -1.98. The average Bonchev–Trinajstić information content (AvgIpc) is 2.29. The molecule has 0 saturated carbocycles. The molecule has 0 bridgehead atoms. The van der Waals surface area contributed by atoms with Gasteiger partial charge in [0.2, 0.25) is 0 Å². The lowest BCUT2D eigenvalue weighted by atomic mass is 10.1. The first-order valence-corrected chi connectivity index (χ1v) is 5.54. The van der Waals surface area contributed by atoms with Crippen LogP contribution in [0.1, 0.15) is 29.6 Å². The zero-order valence-electron chi connectivity index (χ0n) is 8.83. The number of carbonyl (C=O) groups excluding carboxylic acids is 1. The molecule has 1 aromatic carbocycles. The van der Waals surface area contributed by atoms with E-state index in [1.807, 2.05) is 0 Å². The average molecular weight is 227 g/mol. The van der Waals surface area contributed by atoms with Gasteiger partial charge >= 0.3 is 0 Å². The van der Waals surface area contributed by atoms with Crippen LogP contribution in [0.3, 0.4) is 0 Å². The number of alkyl halides is 1. The van der Waals surface area contributed by atoms with E-state index in [-0.39, 0.29) is 5.78 Å². The Kier molecular flexibility index (Phi) is 5.19. The van der Waals surface area contributed by atoms with Gasteiger partial charge in [-0.1, -0.05) is 0 Å². The molecule has 0 atom stereocenters. The SMILES string of the molecule is COc1ccc(C(=O)CCCCCl)cc1. The summed E-state index contributed by atoms with van der Waals surface area (Å²) in [6, 6.07) is 7.19. The highest BCUT2D eigenvalue weighted by atomic mass is 35.5. The number of hydrogen-bond donors (Lipinski definition) is 0. The maximum atomic E-state index is 11.6. The zero-order chi connectivity index (χ0) is 11.1. The quantitative estimate of drug-likeness (QED) is 0.423. The smallest absolute Gasteiger partial charge is 0.162 e. The van der Waals surface area contributed by atoms with Crippen LogP contribution in [0.5, 0.6) is 5.75 Å². The van der Waals surface area contributed by atoms with Crippen LogP contribution in [-0.4, -0.2) is 18.8 Å². The summed E-state index contributed by atoms with van der Waals surface area (Å²) >= 11 is 5.54. The molecule has 15 heavy (non-hydrogen) atoms. The molecule has 82 valence electrons. The van der Waals surface area contributed by atoms with Crippen molar-refractivity contribution >= 4 is 17.4 Å². The molecular weight excluding hydrogens is 212 g/mol. The van der Waals surface area contributed by atoms with E-state index in [4.69, 9.17) is 16.3 Å². The molecule has 0 unspecified atom stereocenters. The molecule has 0 aliphatic heterocycles. The van der Waals surface area contributed by atoms with E-state index >= 15 is 0 Å². The van der Waals surface area contributed by atoms with E-state index in [9.17, 15) is 4.79 Å². The van der Waals surface area contributed by atoms with E-state index in [0.717, 1.165) is 24.2 Å². The van der Waals surface area contributed by atoms with Crippen molar-refractivity contribution in [1.82, 2.24) is 0 Å². The highest BCUT2D eigenvalue weighted by Crippen LogP contribution is 2.13. The Morgan fingerprint density at radius 3 is 2.47 bits per heavy atom. The van der Waals surface area contributed by atoms with Gasteiger partial charge in [-0.05, 0) is 37.1 Å². The Morgan fingerprint density at radius 1 is 1.27 bits per heavy atom. The molecule has 0 spiro atoms. The molecule has 0 fully saturated rings. The van der Waals surface area contributed by atoms with Crippen LogP contribution in [0.25, 0.3) is 0 Å². The van der Waals surface area contributed by atoms with Crippen LogP contribution in [-0.2, 0) is 0 Å². The van der Waals surface area contributed by atoms with Crippen molar-refractivity contribution in [1.29, 1.82) is 0 Å². The number of methoxy groups -OCH3 is 1. The van der Waals surface area contributed by atoms with Gasteiger partial charge in [0.15, 0.2) is 5.78 Å². The molecule has 1 aromatic rings. The molecule has 0 aliphatic rings. The molecule has 0 heterocycles. The first-order chi connectivity index (χ1) is 7.27. The third-order valence-corrected chi connectivity index (χ3v) is 2.47. The fraction of sp³-hybridized carbons (Fsp3) is 0.417. The number of hydrogen-bond acceptors (Lipinski definition) is 2. The van der Waals surface area contributed by atoms with E-state index in [1.165, 1.54) is 0 Å². The number of ketones is 1. The third kappa shape index (κ3) is 3.92. The van der Waals surface area contributed by atoms with Crippen molar-refractivity contribution in [3.63, 3.8) is 0 Å². The van der Waals surface area contributed by atoms with Crippen molar-refractivity contribution < 1.29 is 9.53 Å². The van der Waals surface area contributed by atoms with Gasteiger partial charge in [-0.2, -0.15) is 0 Å². The van der Waals surface area contributed by atoms with Crippen LogP contribution < -0.4 is 4.74 Å². The largest absolute Gasteiger partial charge is 0.497 e. The maximum absolute atomic E-state index is 11.6. The standard InChI is InChI=1S/C12H15ClO2/c1-15-11-7-5-10(6-8-11)12(14)4-2-3-9-13/h5-8H,2-4,9H2,1H3. The zero-order valence-corrected chi connectivity index (χ0v) is 9.59. The Hall–Kier alpha value is -1.02. The summed E-state index contributed by atoms with van der Waals surface area (Å²) in [6.45, 7) is 0. The van der Waals surface area contributed by atoms with Crippen molar-refractivity contribution in [3.05, 3.63) is 29.8 Å². The number of Topliss-reactive ketones (excluding diaryl/α,β-unsaturated/α-hetero) is 1. The summed E-state index contributed by atoms with van der Waals surface area (Å²) in [7, 11) is 1.61. The Balaban J connectivity index is 2.50. The lowest BCUT2D eigenvalue weighted by Gasteiger charge is -2.02. The number of rotatable bonds is 6. The third-order valence-electron chi connectivity index (χ3n) is 2.20. The predicted molar refractivity (Wildman–Crippen MR) is 61.9 cm³/mol. The van der Waals surface area contributed by atoms with Gasteiger partial charge < -0.3 is 4.74 Å². The van der Waals surface area contributed by atoms with Gasteiger partial charge in [-0.25, -0.2) is 0 Å². The minimum Gasteiger partial charge on any atom is -0.497 e. The normalized spacial score (nSPS) is 10.0. The van der Waals surface area contributed by atoms with Crippen LogP contribution in [0, 0.1) is 0 Å². The van der Waals surface area contributed by atoms with Crippen molar-refractivity contribution in [2.75, 3.05) is 13.0 Å².